The van der Waals surface area contributed by atoms with Crippen LogP contribution in [-0.4, -0.2) is 52.5 Å². The summed E-state index contributed by atoms with van der Waals surface area (Å²) in [5.74, 6) is 0.469. The van der Waals surface area contributed by atoms with Crippen molar-refractivity contribution in [1.29, 1.82) is 0 Å². The molecule has 3 rings (SSSR count). The first-order chi connectivity index (χ1) is 11.6. The summed E-state index contributed by atoms with van der Waals surface area (Å²) in [6, 6.07) is 7.10. The molecular weight excluding hydrogens is 306 g/mol. The van der Waals surface area contributed by atoms with Crippen molar-refractivity contribution in [3.05, 3.63) is 29.8 Å². The van der Waals surface area contributed by atoms with E-state index in [1.165, 1.54) is 0 Å². The van der Waals surface area contributed by atoms with Crippen molar-refractivity contribution in [1.82, 2.24) is 15.1 Å². The molecule has 2 heterocycles. The average Bonchev–Trinajstić information content (AvgIpc) is 2.85. The number of aromatic hydroxyl groups is 1. The molecule has 0 bridgehead atoms. The molecule has 24 heavy (non-hydrogen) atoms. The van der Waals surface area contributed by atoms with Gasteiger partial charge in [-0.25, -0.2) is 4.79 Å². The van der Waals surface area contributed by atoms with Gasteiger partial charge in [-0.1, -0.05) is 12.1 Å². The van der Waals surface area contributed by atoms with Gasteiger partial charge in [0.1, 0.15) is 5.75 Å². The Morgan fingerprint density at radius 1 is 1.21 bits per heavy atom. The van der Waals surface area contributed by atoms with Gasteiger partial charge in [0.2, 0.25) is 5.91 Å². The Morgan fingerprint density at radius 3 is 2.83 bits per heavy atom. The molecule has 1 aromatic carbocycles. The maximum Gasteiger partial charge on any atom is 0.317 e. The Bertz CT molecular complexity index is 605. The standard InChI is InChI=1S/C18H25N3O3/c22-16-6-1-4-14(12-16)13-19-18(24)20-9-2-5-15(8-11-20)21-10-3-7-17(21)23/h1,4,6,12,15,22H,2-3,5,7-11,13H2,(H,19,24). The predicted molar refractivity (Wildman–Crippen MR) is 90.5 cm³/mol. The quantitative estimate of drug-likeness (QED) is 0.891. The molecule has 2 aliphatic rings. The van der Waals surface area contributed by atoms with E-state index in [9.17, 15) is 14.7 Å². The predicted octanol–water partition coefficient (Wildman–Crippen LogP) is 2.08. The van der Waals surface area contributed by atoms with Crippen molar-refractivity contribution < 1.29 is 14.7 Å². The highest BCUT2D eigenvalue weighted by Crippen LogP contribution is 2.22. The van der Waals surface area contributed by atoms with Gasteiger partial charge in [-0.05, 0) is 43.4 Å². The van der Waals surface area contributed by atoms with Gasteiger partial charge in [0.25, 0.3) is 0 Å². The molecule has 0 saturated carbocycles. The third-order valence-electron chi connectivity index (χ3n) is 4.89. The fourth-order valence-electron chi connectivity index (χ4n) is 3.60. The maximum atomic E-state index is 12.4. The number of hydrogen-bond acceptors (Lipinski definition) is 3. The minimum Gasteiger partial charge on any atom is -0.508 e. The van der Waals surface area contributed by atoms with Crippen LogP contribution in [0.3, 0.4) is 0 Å². The van der Waals surface area contributed by atoms with Crippen LogP contribution in [0.5, 0.6) is 5.75 Å². The maximum absolute atomic E-state index is 12.4. The topological polar surface area (TPSA) is 72.9 Å². The summed E-state index contributed by atoms with van der Waals surface area (Å²) in [7, 11) is 0. The summed E-state index contributed by atoms with van der Waals surface area (Å²) in [5, 5.41) is 12.4. The van der Waals surface area contributed by atoms with Gasteiger partial charge in [-0.2, -0.15) is 0 Å². The zero-order valence-corrected chi connectivity index (χ0v) is 13.9. The summed E-state index contributed by atoms with van der Waals surface area (Å²) >= 11 is 0. The number of phenols is 1. The fraction of sp³-hybridized carbons (Fsp3) is 0.556. The van der Waals surface area contributed by atoms with Crippen molar-refractivity contribution in [3.8, 4) is 5.75 Å². The van der Waals surface area contributed by atoms with Crippen LogP contribution in [0.25, 0.3) is 0 Å². The minimum atomic E-state index is -0.0771. The Kier molecular flexibility index (Phi) is 5.23. The molecule has 3 amide bonds. The molecule has 0 aromatic heterocycles. The molecule has 1 atom stereocenters. The number of phenolic OH excluding ortho intramolecular Hbond substituents is 1. The molecule has 6 heteroatoms. The highest BCUT2D eigenvalue weighted by atomic mass is 16.3. The van der Waals surface area contributed by atoms with E-state index in [1.807, 2.05) is 15.9 Å². The monoisotopic (exact) mass is 331 g/mol. The van der Waals surface area contributed by atoms with Gasteiger partial charge in [0.15, 0.2) is 0 Å². The number of nitrogens with zero attached hydrogens (tertiary/aromatic N) is 2. The smallest absolute Gasteiger partial charge is 0.317 e. The van der Waals surface area contributed by atoms with Gasteiger partial charge >= 0.3 is 6.03 Å². The summed E-state index contributed by atoms with van der Waals surface area (Å²) in [5.41, 5.74) is 0.874. The Hall–Kier alpha value is -2.24. The number of nitrogens with one attached hydrogen (secondary N) is 1. The van der Waals surface area contributed by atoms with E-state index in [-0.39, 0.29) is 23.7 Å². The first-order valence-corrected chi connectivity index (χ1v) is 8.73. The lowest BCUT2D eigenvalue weighted by Gasteiger charge is -2.27. The minimum absolute atomic E-state index is 0.0771. The van der Waals surface area contributed by atoms with Crippen molar-refractivity contribution in [2.45, 2.75) is 44.7 Å². The Balaban J connectivity index is 1.50. The number of likely N-dealkylation sites (tertiary alicyclic amines) is 2. The van der Waals surface area contributed by atoms with Crippen molar-refractivity contribution >= 4 is 11.9 Å². The van der Waals surface area contributed by atoms with E-state index in [0.29, 0.717) is 19.5 Å². The van der Waals surface area contributed by atoms with Crippen LogP contribution >= 0.6 is 0 Å². The van der Waals surface area contributed by atoms with Crippen molar-refractivity contribution in [2.75, 3.05) is 19.6 Å². The molecule has 1 aromatic rings. The number of benzene rings is 1. The lowest BCUT2D eigenvalue weighted by Crippen LogP contribution is -2.41. The number of rotatable bonds is 3. The van der Waals surface area contributed by atoms with E-state index < -0.39 is 0 Å². The van der Waals surface area contributed by atoms with Crippen LogP contribution in [0.4, 0.5) is 4.79 Å². The molecule has 2 aliphatic heterocycles. The van der Waals surface area contributed by atoms with Gasteiger partial charge in [0, 0.05) is 38.6 Å². The highest BCUT2D eigenvalue weighted by molar-refractivity contribution is 5.78. The van der Waals surface area contributed by atoms with Crippen molar-refractivity contribution in [2.24, 2.45) is 0 Å². The Morgan fingerprint density at radius 2 is 2.08 bits per heavy atom. The van der Waals surface area contributed by atoms with Crippen molar-refractivity contribution in [3.63, 3.8) is 0 Å². The summed E-state index contributed by atoms with van der Waals surface area (Å²) in [4.78, 5) is 28.1. The molecule has 0 aliphatic carbocycles. The fourth-order valence-corrected chi connectivity index (χ4v) is 3.60. The SMILES string of the molecule is O=C(NCc1cccc(O)c1)N1CCCC(N2CCCC2=O)CC1. The van der Waals surface area contributed by atoms with E-state index >= 15 is 0 Å². The lowest BCUT2D eigenvalue weighted by molar-refractivity contribution is -0.129. The van der Waals surface area contributed by atoms with E-state index in [1.54, 1.807) is 18.2 Å². The number of hydrogen-bond donors (Lipinski definition) is 2. The zero-order valence-electron chi connectivity index (χ0n) is 13.9. The Labute approximate surface area is 142 Å². The zero-order chi connectivity index (χ0) is 16.9. The van der Waals surface area contributed by atoms with Crippen LogP contribution in [0.15, 0.2) is 24.3 Å². The van der Waals surface area contributed by atoms with Gasteiger partial charge in [-0.3, -0.25) is 4.79 Å². The largest absolute Gasteiger partial charge is 0.508 e. The van der Waals surface area contributed by atoms with E-state index in [2.05, 4.69) is 5.32 Å². The lowest BCUT2D eigenvalue weighted by atomic mass is 10.1. The number of carbonyl (C=O) groups is 2. The molecular formula is C18H25N3O3. The molecule has 0 spiro atoms. The third-order valence-corrected chi connectivity index (χ3v) is 4.89. The van der Waals surface area contributed by atoms with E-state index in [4.69, 9.17) is 0 Å². The van der Waals surface area contributed by atoms with Gasteiger partial charge in [0.05, 0.1) is 0 Å². The summed E-state index contributed by atoms with van der Waals surface area (Å²) in [6.07, 6.45) is 4.38. The summed E-state index contributed by atoms with van der Waals surface area (Å²) in [6.45, 7) is 2.68. The first-order valence-electron chi connectivity index (χ1n) is 8.73. The van der Waals surface area contributed by atoms with Crippen LogP contribution < -0.4 is 5.32 Å². The normalized spacial score (nSPS) is 21.7. The highest BCUT2D eigenvalue weighted by Gasteiger charge is 2.30. The van der Waals surface area contributed by atoms with Crippen LogP contribution in [0.2, 0.25) is 0 Å². The number of carbonyl (C=O) groups excluding carboxylic acids is 2. The first kappa shape index (κ1) is 16.6. The van der Waals surface area contributed by atoms with Crippen LogP contribution in [0, 0.1) is 0 Å². The number of amides is 3. The summed E-state index contributed by atoms with van der Waals surface area (Å²) < 4.78 is 0. The van der Waals surface area contributed by atoms with Gasteiger partial charge < -0.3 is 20.2 Å². The second-order valence-corrected chi connectivity index (χ2v) is 6.59. The molecule has 6 nitrogen and oxygen atoms in total. The number of urea groups is 1. The van der Waals surface area contributed by atoms with E-state index in [0.717, 1.165) is 44.3 Å². The second-order valence-electron chi connectivity index (χ2n) is 6.59. The second kappa shape index (κ2) is 7.55. The van der Waals surface area contributed by atoms with Crippen LogP contribution in [0.1, 0.15) is 37.7 Å². The molecule has 2 N–H and O–H groups in total. The molecule has 130 valence electrons. The average molecular weight is 331 g/mol. The molecule has 0 radical (unpaired) electrons. The molecule has 2 fully saturated rings. The molecule has 2 saturated heterocycles. The van der Waals surface area contributed by atoms with Gasteiger partial charge in [-0.15, -0.1) is 0 Å². The molecule has 1 unspecified atom stereocenters. The third kappa shape index (κ3) is 3.99. The van der Waals surface area contributed by atoms with Crippen LogP contribution in [-0.2, 0) is 11.3 Å².